The van der Waals surface area contributed by atoms with Crippen molar-refractivity contribution >= 4 is 34.2 Å². The first-order valence-corrected chi connectivity index (χ1v) is 8.01. The smallest absolute Gasteiger partial charge is 0.275 e. The van der Waals surface area contributed by atoms with Crippen molar-refractivity contribution in [1.29, 1.82) is 0 Å². The highest BCUT2D eigenvalue weighted by Crippen LogP contribution is 2.27. The maximum atomic E-state index is 12.5. The van der Waals surface area contributed by atoms with Crippen molar-refractivity contribution < 1.29 is 4.79 Å². The summed E-state index contributed by atoms with van der Waals surface area (Å²) in [6.07, 6.45) is 2.12. The highest BCUT2D eigenvalue weighted by molar-refractivity contribution is 9.10. The van der Waals surface area contributed by atoms with Crippen LogP contribution in [0.5, 0.6) is 0 Å². The number of rotatable bonds is 4. The van der Waals surface area contributed by atoms with Crippen LogP contribution in [0, 0.1) is 5.92 Å². The number of hydrogen-bond acceptors (Lipinski definition) is 3. The molecule has 0 saturated carbocycles. The molecule has 7 heteroatoms. The van der Waals surface area contributed by atoms with E-state index in [0.29, 0.717) is 17.5 Å². The molecule has 1 saturated heterocycles. The third-order valence-electron chi connectivity index (χ3n) is 3.91. The Hall–Kier alpha value is -0.590. The number of hydrogen-bond donors (Lipinski definition) is 2. The summed E-state index contributed by atoms with van der Waals surface area (Å²) in [5, 5.41) is 10.4. The third kappa shape index (κ3) is 4.20. The van der Waals surface area contributed by atoms with Crippen LogP contribution in [-0.4, -0.2) is 47.7 Å². The van der Waals surface area contributed by atoms with Gasteiger partial charge in [0.25, 0.3) is 5.91 Å². The Morgan fingerprint density at radius 1 is 1.48 bits per heavy atom. The van der Waals surface area contributed by atoms with E-state index < -0.39 is 0 Å². The van der Waals surface area contributed by atoms with Crippen molar-refractivity contribution in [2.45, 2.75) is 32.6 Å². The maximum Gasteiger partial charge on any atom is 0.275 e. The second-order valence-electron chi connectivity index (χ2n) is 5.75. The van der Waals surface area contributed by atoms with Crippen LogP contribution in [0.1, 0.15) is 48.8 Å². The van der Waals surface area contributed by atoms with Gasteiger partial charge >= 0.3 is 0 Å². The van der Waals surface area contributed by atoms with E-state index in [-0.39, 0.29) is 18.3 Å². The molecule has 1 aliphatic heterocycles. The highest BCUT2D eigenvalue weighted by Gasteiger charge is 2.27. The zero-order valence-corrected chi connectivity index (χ0v) is 15.2. The largest absolute Gasteiger partial charge is 0.337 e. The fourth-order valence-electron chi connectivity index (χ4n) is 2.64. The number of nitrogens with one attached hydrogen (secondary N) is 2. The van der Waals surface area contributed by atoms with Gasteiger partial charge in [-0.2, -0.15) is 5.10 Å². The summed E-state index contributed by atoms with van der Waals surface area (Å²) in [6, 6.07) is 0. The van der Waals surface area contributed by atoms with E-state index in [4.69, 9.17) is 0 Å². The van der Waals surface area contributed by atoms with E-state index in [1.165, 1.54) is 0 Å². The lowest BCUT2D eigenvalue weighted by Crippen LogP contribution is -2.40. The number of nitrogens with zero attached hydrogens (tertiary/aromatic N) is 2. The normalized spacial score (nSPS) is 16.1. The van der Waals surface area contributed by atoms with Crippen molar-refractivity contribution in [3.8, 4) is 0 Å². The van der Waals surface area contributed by atoms with Crippen molar-refractivity contribution in [3.63, 3.8) is 0 Å². The first-order chi connectivity index (χ1) is 9.54. The minimum atomic E-state index is 0. The van der Waals surface area contributed by atoms with E-state index in [9.17, 15) is 4.79 Å². The quantitative estimate of drug-likeness (QED) is 0.845. The number of halogens is 2. The fourth-order valence-corrected chi connectivity index (χ4v) is 3.45. The van der Waals surface area contributed by atoms with Gasteiger partial charge in [0.15, 0.2) is 5.69 Å². The number of amides is 1. The maximum absolute atomic E-state index is 12.5. The van der Waals surface area contributed by atoms with E-state index in [2.05, 4.69) is 45.3 Å². The first kappa shape index (κ1) is 18.5. The molecule has 1 aromatic heterocycles. The fraction of sp³-hybridized carbons (Fsp3) is 0.714. The molecule has 0 aliphatic carbocycles. The molecule has 2 rings (SSSR count). The second-order valence-corrected chi connectivity index (χ2v) is 6.54. The lowest BCUT2D eigenvalue weighted by Gasteiger charge is -2.31. The summed E-state index contributed by atoms with van der Waals surface area (Å²) in [6.45, 7) is 6.83. The lowest BCUT2D eigenvalue weighted by atomic mass is 9.96. The number of likely N-dealkylation sites (tertiary alicyclic amines) is 1. The molecule has 1 aliphatic rings. The van der Waals surface area contributed by atoms with Gasteiger partial charge in [-0.15, -0.1) is 12.4 Å². The van der Waals surface area contributed by atoms with Crippen LogP contribution in [0.15, 0.2) is 4.47 Å². The summed E-state index contributed by atoms with van der Waals surface area (Å²) in [7, 11) is 1.98. The molecule has 0 aromatic carbocycles. The summed E-state index contributed by atoms with van der Waals surface area (Å²) in [5.41, 5.74) is 1.50. The molecule has 0 atom stereocenters. The topological polar surface area (TPSA) is 61.0 Å². The zero-order chi connectivity index (χ0) is 14.7. The summed E-state index contributed by atoms with van der Waals surface area (Å²) < 4.78 is 0.815. The molecule has 0 radical (unpaired) electrons. The molecule has 1 amide bonds. The molecule has 2 N–H and O–H groups in total. The number of carbonyl (C=O) groups is 1. The van der Waals surface area contributed by atoms with Gasteiger partial charge in [0, 0.05) is 13.1 Å². The molecule has 0 unspecified atom stereocenters. The molecular formula is C14H24BrClN4O. The number of aromatic nitrogens is 2. The van der Waals surface area contributed by atoms with Gasteiger partial charge in [0.05, 0.1) is 10.2 Å². The minimum Gasteiger partial charge on any atom is -0.337 e. The monoisotopic (exact) mass is 378 g/mol. The van der Waals surface area contributed by atoms with Gasteiger partial charge in [0.2, 0.25) is 0 Å². The Balaban J connectivity index is 0.00000220. The molecule has 1 aromatic rings. The first-order valence-electron chi connectivity index (χ1n) is 7.22. The molecular weight excluding hydrogens is 356 g/mol. The SMILES string of the molecule is CNCC1CCN(C(=O)c2n[nH]c(C(C)C)c2Br)CC1.Cl. The van der Waals surface area contributed by atoms with E-state index in [1.54, 1.807) is 0 Å². The van der Waals surface area contributed by atoms with Crippen LogP contribution in [0.3, 0.4) is 0 Å². The van der Waals surface area contributed by atoms with Crippen molar-refractivity contribution in [2.75, 3.05) is 26.7 Å². The average molecular weight is 380 g/mol. The Morgan fingerprint density at radius 2 is 2.10 bits per heavy atom. The summed E-state index contributed by atoms with van der Waals surface area (Å²) in [5.74, 6) is 1.03. The van der Waals surface area contributed by atoms with Crippen LogP contribution < -0.4 is 5.32 Å². The van der Waals surface area contributed by atoms with Gasteiger partial charge < -0.3 is 10.2 Å². The Bertz CT molecular complexity index is 470. The van der Waals surface area contributed by atoms with Gasteiger partial charge in [-0.05, 0) is 54.2 Å². The Kier molecular flexibility index (Phi) is 7.16. The van der Waals surface area contributed by atoms with Gasteiger partial charge in [-0.25, -0.2) is 0 Å². The van der Waals surface area contributed by atoms with Crippen LogP contribution in [0.2, 0.25) is 0 Å². The predicted molar refractivity (Wildman–Crippen MR) is 90.2 cm³/mol. The van der Waals surface area contributed by atoms with Crippen LogP contribution in [0.4, 0.5) is 0 Å². The molecule has 120 valence electrons. The molecule has 21 heavy (non-hydrogen) atoms. The summed E-state index contributed by atoms with van der Waals surface area (Å²) >= 11 is 3.50. The zero-order valence-electron chi connectivity index (χ0n) is 12.8. The van der Waals surface area contributed by atoms with Crippen LogP contribution in [-0.2, 0) is 0 Å². The third-order valence-corrected chi connectivity index (χ3v) is 4.71. The second kappa shape index (κ2) is 8.15. The minimum absolute atomic E-state index is 0. The molecule has 0 spiro atoms. The van der Waals surface area contributed by atoms with E-state index >= 15 is 0 Å². The predicted octanol–water partition coefficient (Wildman–Crippen LogP) is 2.79. The van der Waals surface area contributed by atoms with Gasteiger partial charge in [-0.3, -0.25) is 9.89 Å². The number of aromatic amines is 1. The van der Waals surface area contributed by atoms with E-state index in [1.807, 2.05) is 11.9 Å². The van der Waals surface area contributed by atoms with Crippen molar-refractivity contribution in [2.24, 2.45) is 5.92 Å². The Morgan fingerprint density at radius 3 is 2.57 bits per heavy atom. The molecule has 5 nitrogen and oxygen atoms in total. The number of piperidine rings is 1. The van der Waals surface area contributed by atoms with Crippen molar-refractivity contribution in [1.82, 2.24) is 20.4 Å². The number of H-pyrrole nitrogens is 1. The van der Waals surface area contributed by atoms with Gasteiger partial charge in [-0.1, -0.05) is 13.8 Å². The van der Waals surface area contributed by atoms with Crippen LogP contribution >= 0.6 is 28.3 Å². The van der Waals surface area contributed by atoms with Gasteiger partial charge in [0.1, 0.15) is 0 Å². The van der Waals surface area contributed by atoms with E-state index in [0.717, 1.165) is 42.6 Å². The Labute approximate surface area is 140 Å². The summed E-state index contributed by atoms with van der Waals surface area (Å²) in [4.78, 5) is 14.4. The highest BCUT2D eigenvalue weighted by atomic mass is 79.9. The molecule has 1 fully saturated rings. The average Bonchev–Trinajstić information content (AvgIpc) is 2.81. The van der Waals surface area contributed by atoms with Crippen LogP contribution in [0.25, 0.3) is 0 Å². The standard InChI is InChI=1S/C14H23BrN4O.ClH/c1-9(2)12-11(15)13(18-17-12)14(20)19-6-4-10(5-7-19)8-16-3;/h9-10,16H,4-8H2,1-3H3,(H,17,18);1H. The number of carbonyl (C=O) groups excluding carboxylic acids is 1. The lowest BCUT2D eigenvalue weighted by molar-refractivity contribution is 0.0684. The molecule has 0 bridgehead atoms. The molecule has 2 heterocycles. The van der Waals surface area contributed by atoms with Crippen molar-refractivity contribution in [3.05, 3.63) is 15.9 Å².